The Morgan fingerprint density at radius 2 is 1.74 bits per heavy atom. The Hall–Kier alpha value is -3.94. The van der Waals surface area contributed by atoms with Crippen molar-refractivity contribution in [2.45, 2.75) is 26.3 Å². The number of benzene rings is 3. The number of hydrogen-bond acceptors (Lipinski definition) is 6. The van der Waals surface area contributed by atoms with Crippen molar-refractivity contribution < 1.29 is 14.3 Å². The molecule has 0 N–H and O–H groups in total. The third-order valence-corrected chi connectivity index (χ3v) is 7.45. The van der Waals surface area contributed by atoms with Crippen LogP contribution in [0.3, 0.4) is 0 Å². The molecular formula is C31H27ClN2O4S. The lowest BCUT2D eigenvalue weighted by molar-refractivity contribution is -0.138. The lowest BCUT2D eigenvalue weighted by atomic mass is 9.93. The normalized spacial score (nSPS) is 15.1. The molecule has 0 bridgehead atoms. The lowest BCUT2D eigenvalue weighted by Gasteiger charge is -2.25. The average Bonchev–Trinajstić information content (AvgIpc) is 3.27. The first-order valence-electron chi connectivity index (χ1n) is 12.8. The van der Waals surface area contributed by atoms with Crippen molar-refractivity contribution in [2.75, 3.05) is 13.2 Å². The van der Waals surface area contributed by atoms with Crippen molar-refractivity contribution >= 4 is 40.7 Å². The summed E-state index contributed by atoms with van der Waals surface area (Å²) in [7, 11) is 0. The fourth-order valence-electron chi connectivity index (χ4n) is 4.43. The van der Waals surface area contributed by atoms with Gasteiger partial charge in [0.25, 0.3) is 5.56 Å². The van der Waals surface area contributed by atoms with Crippen LogP contribution in [-0.2, 0) is 9.53 Å². The molecule has 8 heteroatoms. The lowest BCUT2D eigenvalue weighted by Crippen LogP contribution is -2.40. The van der Waals surface area contributed by atoms with Crippen LogP contribution < -0.4 is 19.6 Å². The monoisotopic (exact) mass is 558 g/mol. The molecule has 1 aromatic heterocycles. The van der Waals surface area contributed by atoms with Crippen molar-refractivity contribution in [1.82, 2.24) is 4.57 Å². The number of hydrogen-bond donors (Lipinski definition) is 0. The number of ether oxygens (including phenoxy) is 2. The topological polar surface area (TPSA) is 69.9 Å². The van der Waals surface area contributed by atoms with Crippen LogP contribution in [0.4, 0.5) is 0 Å². The van der Waals surface area contributed by atoms with Gasteiger partial charge in [-0.15, -0.1) is 0 Å². The van der Waals surface area contributed by atoms with E-state index in [-0.39, 0.29) is 12.2 Å². The predicted octanol–water partition coefficient (Wildman–Crippen LogP) is 5.38. The van der Waals surface area contributed by atoms with Crippen molar-refractivity contribution in [3.05, 3.63) is 126 Å². The minimum atomic E-state index is -0.736. The molecule has 198 valence electrons. The quantitative estimate of drug-likeness (QED) is 0.272. The third kappa shape index (κ3) is 5.60. The largest absolute Gasteiger partial charge is 0.494 e. The van der Waals surface area contributed by atoms with E-state index < -0.39 is 12.0 Å². The van der Waals surface area contributed by atoms with E-state index in [2.05, 4.69) is 6.92 Å². The molecule has 4 aromatic rings. The highest BCUT2D eigenvalue weighted by atomic mass is 35.5. The van der Waals surface area contributed by atoms with Crippen LogP contribution in [0.15, 0.2) is 94.2 Å². The summed E-state index contributed by atoms with van der Waals surface area (Å²) in [5.41, 5.74) is 2.91. The first-order valence-corrected chi connectivity index (χ1v) is 14.0. The molecule has 5 rings (SSSR count). The maximum Gasteiger partial charge on any atom is 0.338 e. The number of thiazole rings is 1. The molecule has 39 heavy (non-hydrogen) atoms. The highest BCUT2D eigenvalue weighted by Crippen LogP contribution is 2.35. The van der Waals surface area contributed by atoms with Gasteiger partial charge in [0.05, 0.1) is 35.1 Å². The molecule has 3 aromatic carbocycles. The maximum atomic E-state index is 13.9. The number of rotatable bonds is 8. The number of carbonyl (C=O) groups is 1. The number of esters is 1. The summed E-state index contributed by atoms with van der Waals surface area (Å²) in [6.45, 7) is 4.66. The van der Waals surface area contributed by atoms with Gasteiger partial charge in [-0.2, -0.15) is 0 Å². The summed E-state index contributed by atoms with van der Waals surface area (Å²) in [6.07, 6.45) is 2.76. The summed E-state index contributed by atoms with van der Waals surface area (Å²) in [5.74, 6) is 0.266. The highest BCUT2D eigenvalue weighted by Gasteiger charge is 2.35. The van der Waals surface area contributed by atoms with Crippen LogP contribution in [0.5, 0.6) is 5.75 Å². The van der Waals surface area contributed by atoms with Crippen LogP contribution in [0.25, 0.3) is 11.8 Å². The molecule has 1 atom stereocenters. The Morgan fingerprint density at radius 3 is 2.41 bits per heavy atom. The fourth-order valence-corrected chi connectivity index (χ4v) is 5.56. The van der Waals surface area contributed by atoms with E-state index in [4.69, 9.17) is 26.1 Å². The second kappa shape index (κ2) is 11.8. The number of halogens is 1. The Labute approximate surface area is 235 Å². The molecule has 0 spiro atoms. The number of nitrogens with zero attached hydrogens (tertiary/aromatic N) is 2. The first-order chi connectivity index (χ1) is 19.0. The molecule has 0 saturated heterocycles. The van der Waals surface area contributed by atoms with E-state index in [0.29, 0.717) is 32.2 Å². The van der Waals surface area contributed by atoms with Crippen LogP contribution in [0, 0.1) is 0 Å². The molecule has 0 saturated carbocycles. The second-order valence-corrected chi connectivity index (χ2v) is 10.3. The summed E-state index contributed by atoms with van der Waals surface area (Å²) in [4.78, 5) is 32.7. The SMILES string of the molecule is CCCOc1ccc(/C=c2\sc3n(c2=O)[C@H](c2ccc(Cl)cc2)C(C(=O)OCC)=C(c2ccccc2)N=3)cc1. The molecule has 0 aliphatic carbocycles. The van der Waals surface area contributed by atoms with Gasteiger partial charge in [-0.25, -0.2) is 9.79 Å². The van der Waals surface area contributed by atoms with E-state index in [9.17, 15) is 9.59 Å². The van der Waals surface area contributed by atoms with Gasteiger partial charge in [-0.1, -0.05) is 84.5 Å². The predicted molar refractivity (Wildman–Crippen MR) is 155 cm³/mol. The molecule has 0 fully saturated rings. The Kier molecular flexibility index (Phi) is 8.10. The van der Waals surface area contributed by atoms with Crippen LogP contribution in [0.2, 0.25) is 5.02 Å². The zero-order valence-corrected chi connectivity index (χ0v) is 23.2. The molecule has 0 unspecified atom stereocenters. The van der Waals surface area contributed by atoms with E-state index >= 15 is 0 Å². The minimum absolute atomic E-state index is 0.195. The fraction of sp³-hybridized carbons (Fsp3) is 0.194. The third-order valence-electron chi connectivity index (χ3n) is 6.21. The first kappa shape index (κ1) is 26.7. The van der Waals surface area contributed by atoms with Gasteiger partial charge in [0.1, 0.15) is 5.75 Å². The van der Waals surface area contributed by atoms with E-state index in [1.165, 1.54) is 11.3 Å². The highest BCUT2D eigenvalue weighted by molar-refractivity contribution is 7.07. The van der Waals surface area contributed by atoms with Gasteiger partial charge in [-0.05, 0) is 54.8 Å². The minimum Gasteiger partial charge on any atom is -0.494 e. The van der Waals surface area contributed by atoms with Crippen LogP contribution >= 0.6 is 22.9 Å². The molecule has 1 aliphatic heterocycles. The van der Waals surface area contributed by atoms with Gasteiger partial charge in [0.15, 0.2) is 4.80 Å². The maximum absolute atomic E-state index is 13.9. The number of aromatic nitrogens is 1. The van der Waals surface area contributed by atoms with Crippen LogP contribution in [0.1, 0.15) is 43.0 Å². The summed E-state index contributed by atoms with van der Waals surface area (Å²) in [5, 5.41) is 0.558. The molecule has 0 amide bonds. The Balaban J connectivity index is 1.73. The van der Waals surface area contributed by atoms with E-state index in [0.717, 1.165) is 28.9 Å². The summed E-state index contributed by atoms with van der Waals surface area (Å²) < 4.78 is 13.3. The molecule has 2 heterocycles. The molecule has 1 aliphatic rings. The number of fused-ring (bicyclic) bond motifs is 1. The van der Waals surface area contributed by atoms with E-state index in [1.807, 2.05) is 72.8 Å². The van der Waals surface area contributed by atoms with Gasteiger partial charge in [0.2, 0.25) is 0 Å². The van der Waals surface area contributed by atoms with E-state index in [1.54, 1.807) is 23.6 Å². The smallest absolute Gasteiger partial charge is 0.338 e. The summed E-state index contributed by atoms with van der Waals surface area (Å²) in [6, 6.07) is 23.5. The Bertz CT molecular complexity index is 1690. The molecular weight excluding hydrogens is 532 g/mol. The standard InChI is InChI=1S/C31H27ClN2O4S/c1-3-18-38-24-16-10-20(11-17-24)19-25-29(35)34-28(22-12-14-23(32)15-13-22)26(30(36)37-4-2)27(33-31(34)39-25)21-8-6-5-7-9-21/h5-17,19,28H,3-4,18H2,1-2H3/b25-19-/t28-/m1/s1. The van der Waals surface area contributed by atoms with Gasteiger partial charge in [-0.3, -0.25) is 9.36 Å². The Morgan fingerprint density at radius 1 is 1.03 bits per heavy atom. The average molecular weight is 559 g/mol. The number of carbonyl (C=O) groups excluding carboxylic acids is 1. The van der Waals surface area contributed by atoms with Gasteiger partial charge >= 0.3 is 5.97 Å². The van der Waals surface area contributed by atoms with Crippen molar-refractivity contribution in [2.24, 2.45) is 4.99 Å². The van der Waals surface area contributed by atoms with Crippen molar-refractivity contribution in [3.8, 4) is 5.75 Å². The zero-order valence-electron chi connectivity index (χ0n) is 21.6. The van der Waals surface area contributed by atoms with Crippen molar-refractivity contribution in [3.63, 3.8) is 0 Å². The molecule has 6 nitrogen and oxygen atoms in total. The summed E-state index contributed by atoms with van der Waals surface area (Å²) >= 11 is 7.47. The van der Waals surface area contributed by atoms with Crippen LogP contribution in [-0.4, -0.2) is 23.8 Å². The van der Waals surface area contributed by atoms with Crippen molar-refractivity contribution in [1.29, 1.82) is 0 Å². The molecule has 0 radical (unpaired) electrons. The zero-order chi connectivity index (χ0) is 27.4. The van der Waals surface area contributed by atoms with Gasteiger partial charge in [0, 0.05) is 10.6 Å². The second-order valence-electron chi connectivity index (χ2n) is 8.90. The van der Waals surface area contributed by atoms with Gasteiger partial charge < -0.3 is 9.47 Å².